The molecule has 1 aliphatic heterocycles. The average Bonchev–Trinajstić information content (AvgIpc) is 2.32. The van der Waals surface area contributed by atoms with Crippen LogP contribution in [0.25, 0.3) is 0 Å². The first kappa shape index (κ1) is 12.1. The first-order valence-corrected chi connectivity index (χ1v) is 5.94. The number of benzene rings is 1. The maximum absolute atomic E-state index is 8.89. The number of morpholine rings is 1. The molecule has 0 atom stereocenters. The highest BCUT2D eigenvalue weighted by Gasteiger charge is 2.30. The highest BCUT2D eigenvalue weighted by Crippen LogP contribution is 2.21. The molecule has 2 rings (SSSR count). The molecule has 1 aromatic carbocycles. The van der Waals surface area contributed by atoms with Gasteiger partial charge in [-0.2, -0.15) is 5.26 Å². The molecule has 0 amide bonds. The first-order chi connectivity index (χ1) is 8.12. The van der Waals surface area contributed by atoms with Crippen molar-refractivity contribution in [1.82, 2.24) is 4.90 Å². The van der Waals surface area contributed by atoms with Crippen LogP contribution in [-0.4, -0.2) is 30.2 Å². The largest absolute Gasteiger partial charge is 0.378 e. The molecule has 3 nitrogen and oxygen atoms in total. The van der Waals surface area contributed by atoms with Crippen LogP contribution in [-0.2, 0) is 11.3 Å². The van der Waals surface area contributed by atoms with Crippen LogP contribution in [0.3, 0.4) is 0 Å². The molecular weight excluding hydrogens is 212 g/mol. The van der Waals surface area contributed by atoms with Gasteiger partial charge in [0.15, 0.2) is 0 Å². The van der Waals surface area contributed by atoms with Gasteiger partial charge in [0.25, 0.3) is 0 Å². The Balaban J connectivity index is 2.12. The van der Waals surface area contributed by atoms with E-state index in [4.69, 9.17) is 10.00 Å². The van der Waals surface area contributed by atoms with Crippen molar-refractivity contribution in [1.29, 1.82) is 5.26 Å². The third-order valence-electron chi connectivity index (χ3n) is 3.25. The SMILES string of the molecule is CC1(C)COCCN1Cc1cccc(C#N)c1. The maximum Gasteiger partial charge on any atom is 0.0991 e. The van der Waals surface area contributed by atoms with Crippen molar-refractivity contribution in [2.45, 2.75) is 25.9 Å². The summed E-state index contributed by atoms with van der Waals surface area (Å²) >= 11 is 0. The quantitative estimate of drug-likeness (QED) is 0.781. The van der Waals surface area contributed by atoms with Crippen LogP contribution in [0.1, 0.15) is 25.0 Å². The van der Waals surface area contributed by atoms with Gasteiger partial charge in [0, 0.05) is 18.6 Å². The number of nitriles is 1. The number of rotatable bonds is 2. The molecule has 1 saturated heterocycles. The van der Waals surface area contributed by atoms with E-state index in [2.05, 4.69) is 30.9 Å². The van der Waals surface area contributed by atoms with Gasteiger partial charge in [-0.05, 0) is 31.5 Å². The lowest BCUT2D eigenvalue weighted by atomic mass is 10.0. The molecule has 1 fully saturated rings. The lowest BCUT2D eigenvalue weighted by Gasteiger charge is -2.42. The van der Waals surface area contributed by atoms with Gasteiger partial charge in [-0.3, -0.25) is 4.90 Å². The highest BCUT2D eigenvalue weighted by atomic mass is 16.5. The number of hydrogen-bond acceptors (Lipinski definition) is 3. The molecule has 0 unspecified atom stereocenters. The van der Waals surface area contributed by atoms with E-state index in [1.807, 2.05) is 18.2 Å². The molecule has 0 saturated carbocycles. The summed E-state index contributed by atoms with van der Waals surface area (Å²) in [5, 5.41) is 8.89. The average molecular weight is 230 g/mol. The van der Waals surface area contributed by atoms with Crippen LogP contribution in [0.2, 0.25) is 0 Å². The van der Waals surface area contributed by atoms with Gasteiger partial charge in [-0.1, -0.05) is 12.1 Å². The second-order valence-corrected chi connectivity index (χ2v) is 5.10. The molecule has 0 spiro atoms. The third-order valence-corrected chi connectivity index (χ3v) is 3.25. The van der Waals surface area contributed by atoms with E-state index in [-0.39, 0.29) is 5.54 Å². The van der Waals surface area contributed by atoms with Gasteiger partial charge in [0.1, 0.15) is 0 Å². The maximum atomic E-state index is 8.89. The fourth-order valence-corrected chi connectivity index (χ4v) is 2.14. The van der Waals surface area contributed by atoms with Gasteiger partial charge >= 0.3 is 0 Å². The van der Waals surface area contributed by atoms with Gasteiger partial charge in [-0.15, -0.1) is 0 Å². The smallest absolute Gasteiger partial charge is 0.0991 e. The second-order valence-electron chi connectivity index (χ2n) is 5.10. The number of nitrogens with zero attached hydrogens (tertiary/aromatic N) is 2. The van der Waals surface area contributed by atoms with Crippen molar-refractivity contribution >= 4 is 0 Å². The van der Waals surface area contributed by atoms with Gasteiger partial charge in [0.05, 0.1) is 24.8 Å². The van der Waals surface area contributed by atoms with Crippen LogP contribution < -0.4 is 0 Å². The Labute approximate surface area is 103 Å². The van der Waals surface area contributed by atoms with Crippen molar-refractivity contribution in [3.63, 3.8) is 0 Å². The molecule has 17 heavy (non-hydrogen) atoms. The van der Waals surface area contributed by atoms with Crippen LogP contribution >= 0.6 is 0 Å². The summed E-state index contributed by atoms with van der Waals surface area (Å²) < 4.78 is 5.50. The highest BCUT2D eigenvalue weighted by molar-refractivity contribution is 5.32. The molecule has 0 radical (unpaired) electrons. The zero-order chi connectivity index (χ0) is 12.3. The van der Waals surface area contributed by atoms with Gasteiger partial charge in [-0.25, -0.2) is 0 Å². The van der Waals surface area contributed by atoms with Crippen LogP contribution in [0.4, 0.5) is 0 Å². The fraction of sp³-hybridized carbons (Fsp3) is 0.500. The van der Waals surface area contributed by atoms with Crippen LogP contribution in [0.15, 0.2) is 24.3 Å². The zero-order valence-corrected chi connectivity index (χ0v) is 10.4. The molecule has 0 aliphatic carbocycles. The molecule has 90 valence electrons. The summed E-state index contributed by atoms with van der Waals surface area (Å²) in [5.41, 5.74) is 1.99. The monoisotopic (exact) mass is 230 g/mol. The van der Waals surface area contributed by atoms with Crippen LogP contribution in [0.5, 0.6) is 0 Å². The Morgan fingerprint density at radius 2 is 2.29 bits per heavy atom. The summed E-state index contributed by atoms with van der Waals surface area (Å²) in [5.74, 6) is 0. The van der Waals surface area contributed by atoms with E-state index in [9.17, 15) is 0 Å². The summed E-state index contributed by atoms with van der Waals surface area (Å²) in [6, 6.07) is 10.0. The predicted octanol–water partition coefficient (Wildman–Crippen LogP) is 2.17. The summed E-state index contributed by atoms with van der Waals surface area (Å²) in [6.07, 6.45) is 0. The van der Waals surface area contributed by atoms with Gasteiger partial charge in [0.2, 0.25) is 0 Å². The predicted molar refractivity (Wildman–Crippen MR) is 66.5 cm³/mol. The second kappa shape index (κ2) is 4.87. The van der Waals surface area contributed by atoms with Crippen molar-refractivity contribution in [3.05, 3.63) is 35.4 Å². The third kappa shape index (κ3) is 2.85. The Morgan fingerprint density at radius 1 is 1.47 bits per heavy atom. The lowest BCUT2D eigenvalue weighted by Crippen LogP contribution is -2.52. The standard InChI is InChI=1S/C14H18N2O/c1-14(2)11-17-7-6-16(14)10-13-5-3-4-12(8-13)9-15/h3-5,8H,6-7,10-11H2,1-2H3. The Kier molecular flexibility index (Phi) is 3.46. The minimum absolute atomic E-state index is 0.0703. The normalized spacial score (nSPS) is 19.8. The Bertz CT molecular complexity index is 434. The van der Waals surface area contributed by atoms with Crippen molar-refractivity contribution < 1.29 is 4.74 Å². The Morgan fingerprint density at radius 3 is 3.00 bits per heavy atom. The summed E-state index contributed by atoms with van der Waals surface area (Å²) in [6.45, 7) is 7.78. The molecule has 3 heteroatoms. The van der Waals surface area contributed by atoms with E-state index in [0.717, 1.165) is 31.9 Å². The fourth-order valence-electron chi connectivity index (χ4n) is 2.14. The molecule has 0 aromatic heterocycles. The van der Waals surface area contributed by atoms with E-state index in [1.165, 1.54) is 5.56 Å². The molecule has 1 aromatic rings. The molecule has 0 N–H and O–H groups in total. The first-order valence-electron chi connectivity index (χ1n) is 5.94. The van der Waals surface area contributed by atoms with E-state index >= 15 is 0 Å². The van der Waals surface area contributed by atoms with Crippen molar-refractivity contribution in [2.75, 3.05) is 19.8 Å². The molecular formula is C14H18N2O. The van der Waals surface area contributed by atoms with Crippen molar-refractivity contribution in [2.24, 2.45) is 0 Å². The molecule has 1 heterocycles. The summed E-state index contributed by atoms with van der Waals surface area (Å²) in [4.78, 5) is 2.41. The molecule has 1 aliphatic rings. The minimum atomic E-state index is 0.0703. The lowest BCUT2D eigenvalue weighted by molar-refractivity contribution is -0.0552. The van der Waals surface area contributed by atoms with E-state index < -0.39 is 0 Å². The number of hydrogen-bond donors (Lipinski definition) is 0. The van der Waals surface area contributed by atoms with Crippen LogP contribution in [0, 0.1) is 11.3 Å². The topological polar surface area (TPSA) is 36.3 Å². The molecule has 0 bridgehead atoms. The Hall–Kier alpha value is -1.37. The number of ether oxygens (including phenoxy) is 1. The zero-order valence-electron chi connectivity index (χ0n) is 10.4. The van der Waals surface area contributed by atoms with E-state index in [0.29, 0.717) is 0 Å². The van der Waals surface area contributed by atoms with Crippen molar-refractivity contribution in [3.8, 4) is 6.07 Å². The summed E-state index contributed by atoms with van der Waals surface area (Å²) in [7, 11) is 0. The van der Waals surface area contributed by atoms with Gasteiger partial charge < -0.3 is 4.74 Å². The van der Waals surface area contributed by atoms with E-state index in [1.54, 1.807) is 0 Å². The minimum Gasteiger partial charge on any atom is -0.378 e.